The first-order valence-electron chi connectivity index (χ1n) is 7.07. The minimum Gasteiger partial charge on any atom is -0.323 e. The van der Waals surface area contributed by atoms with Gasteiger partial charge in [-0.2, -0.15) is 0 Å². The zero-order valence-electron chi connectivity index (χ0n) is 12.8. The fourth-order valence-electron chi connectivity index (χ4n) is 2.09. The van der Waals surface area contributed by atoms with Crippen LogP contribution >= 0.6 is 11.6 Å². The minimum absolute atomic E-state index is 0.137. The lowest BCUT2D eigenvalue weighted by Gasteiger charge is -2.24. The maximum atomic E-state index is 13.2. The first kappa shape index (κ1) is 17.4. The molecule has 2 rings (SSSR count). The van der Waals surface area contributed by atoms with Gasteiger partial charge in [-0.25, -0.2) is 8.78 Å². The van der Waals surface area contributed by atoms with Crippen molar-refractivity contribution in [2.45, 2.75) is 19.5 Å². The molecule has 23 heavy (non-hydrogen) atoms. The van der Waals surface area contributed by atoms with E-state index in [0.717, 1.165) is 11.6 Å². The largest absolute Gasteiger partial charge is 0.323 e. The molecular formula is C17H17ClF2N2O. The van der Waals surface area contributed by atoms with E-state index in [0.29, 0.717) is 12.2 Å². The zero-order chi connectivity index (χ0) is 17.0. The Balaban J connectivity index is 2.01. The summed E-state index contributed by atoms with van der Waals surface area (Å²) < 4.78 is 26.2. The second-order valence-electron chi connectivity index (χ2n) is 5.33. The van der Waals surface area contributed by atoms with Crippen molar-refractivity contribution < 1.29 is 13.6 Å². The number of halogens is 3. The van der Waals surface area contributed by atoms with Gasteiger partial charge in [0.2, 0.25) is 5.91 Å². The summed E-state index contributed by atoms with van der Waals surface area (Å²) in [6, 6.07) is 9.52. The van der Waals surface area contributed by atoms with Crippen LogP contribution in [0.15, 0.2) is 42.5 Å². The van der Waals surface area contributed by atoms with Gasteiger partial charge in [0, 0.05) is 6.54 Å². The van der Waals surface area contributed by atoms with E-state index >= 15 is 0 Å². The summed E-state index contributed by atoms with van der Waals surface area (Å²) in [6.07, 6.45) is 0. The lowest BCUT2D eigenvalue weighted by molar-refractivity contribution is -0.120. The van der Waals surface area contributed by atoms with Gasteiger partial charge in [-0.3, -0.25) is 9.69 Å². The number of hydrogen-bond donors (Lipinski definition) is 1. The number of nitrogens with one attached hydrogen (secondary N) is 1. The number of benzene rings is 2. The Hall–Kier alpha value is -1.98. The maximum Gasteiger partial charge on any atom is 0.241 e. The summed E-state index contributed by atoms with van der Waals surface area (Å²) in [5, 5.41) is 2.80. The van der Waals surface area contributed by atoms with Gasteiger partial charge >= 0.3 is 0 Å². The quantitative estimate of drug-likeness (QED) is 0.891. The second kappa shape index (κ2) is 7.53. The van der Waals surface area contributed by atoms with Crippen molar-refractivity contribution in [1.29, 1.82) is 0 Å². The average Bonchev–Trinajstić information content (AvgIpc) is 2.49. The summed E-state index contributed by atoms with van der Waals surface area (Å²) in [5.74, 6) is -1.06. The van der Waals surface area contributed by atoms with E-state index in [2.05, 4.69) is 5.32 Å². The fourth-order valence-corrected chi connectivity index (χ4v) is 2.30. The third kappa shape index (κ3) is 4.74. The molecule has 0 aliphatic heterocycles. The molecule has 0 heterocycles. The van der Waals surface area contributed by atoms with E-state index in [-0.39, 0.29) is 16.7 Å². The highest BCUT2D eigenvalue weighted by Crippen LogP contribution is 2.22. The SMILES string of the molecule is CC(C(=O)Nc1ccc(F)cc1Cl)N(C)Cc1cccc(F)c1. The van der Waals surface area contributed by atoms with Crippen molar-refractivity contribution in [1.82, 2.24) is 4.90 Å². The first-order valence-corrected chi connectivity index (χ1v) is 7.45. The summed E-state index contributed by atoms with van der Waals surface area (Å²) >= 11 is 5.90. The molecule has 1 unspecified atom stereocenters. The zero-order valence-corrected chi connectivity index (χ0v) is 13.6. The van der Waals surface area contributed by atoms with Crippen molar-refractivity contribution in [3.05, 3.63) is 64.7 Å². The number of carbonyl (C=O) groups is 1. The van der Waals surface area contributed by atoms with Gasteiger partial charge in [0.1, 0.15) is 11.6 Å². The molecular weight excluding hydrogens is 322 g/mol. The Morgan fingerprint density at radius 2 is 1.91 bits per heavy atom. The Morgan fingerprint density at radius 3 is 2.57 bits per heavy atom. The van der Waals surface area contributed by atoms with Crippen LogP contribution in [-0.4, -0.2) is 23.9 Å². The lowest BCUT2D eigenvalue weighted by Crippen LogP contribution is -2.39. The summed E-state index contributed by atoms with van der Waals surface area (Å²) in [6.45, 7) is 2.15. The molecule has 0 fully saturated rings. The third-order valence-corrected chi connectivity index (χ3v) is 3.86. The minimum atomic E-state index is -0.473. The van der Waals surface area contributed by atoms with Gasteiger partial charge in [0.15, 0.2) is 0 Å². The van der Waals surface area contributed by atoms with Gasteiger partial charge in [0.05, 0.1) is 16.8 Å². The predicted molar refractivity (Wildman–Crippen MR) is 87.4 cm³/mol. The summed E-state index contributed by atoms with van der Waals surface area (Å²) in [4.78, 5) is 14.0. The Labute approximate surface area is 138 Å². The number of likely N-dealkylation sites (N-methyl/N-ethyl adjacent to an activating group) is 1. The number of rotatable bonds is 5. The number of hydrogen-bond acceptors (Lipinski definition) is 2. The van der Waals surface area contributed by atoms with E-state index in [1.165, 1.54) is 24.3 Å². The van der Waals surface area contributed by atoms with Crippen molar-refractivity contribution in [3.8, 4) is 0 Å². The fraction of sp³-hybridized carbons (Fsp3) is 0.235. The van der Waals surface area contributed by atoms with Gasteiger partial charge in [-0.1, -0.05) is 23.7 Å². The third-order valence-electron chi connectivity index (χ3n) is 3.55. The number of amides is 1. The van der Waals surface area contributed by atoms with Crippen molar-refractivity contribution >= 4 is 23.2 Å². The molecule has 0 aliphatic rings. The molecule has 0 bridgehead atoms. The van der Waals surface area contributed by atoms with Crippen LogP contribution in [0.2, 0.25) is 5.02 Å². The first-order chi connectivity index (χ1) is 10.9. The molecule has 0 spiro atoms. The molecule has 2 aromatic rings. The molecule has 122 valence electrons. The molecule has 3 nitrogen and oxygen atoms in total. The topological polar surface area (TPSA) is 32.3 Å². The molecule has 1 amide bonds. The molecule has 0 aromatic heterocycles. The highest BCUT2D eigenvalue weighted by Gasteiger charge is 2.19. The Bertz CT molecular complexity index is 709. The van der Waals surface area contributed by atoms with E-state index in [1.807, 2.05) is 0 Å². The second-order valence-corrected chi connectivity index (χ2v) is 5.74. The average molecular weight is 339 g/mol. The normalized spacial score (nSPS) is 12.3. The smallest absolute Gasteiger partial charge is 0.241 e. The van der Waals surface area contributed by atoms with Gasteiger partial charge < -0.3 is 5.32 Å². The molecule has 0 aliphatic carbocycles. The number of carbonyl (C=O) groups excluding carboxylic acids is 1. The molecule has 2 aromatic carbocycles. The molecule has 0 radical (unpaired) electrons. The summed E-state index contributed by atoms with van der Waals surface area (Å²) in [7, 11) is 1.77. The number of anilines is 1. The molecule has 1 atom stereocenters. The molecule has 0 saturated carbocycles. The molecule has 0 saturated heterocycles. The Morgan fingerprint density at radius 1 is 1.22 bits per heavy atom. The Kier molecular flexibility index (Phi) is 5.69. The predicted octanol–water partition coefficient (Wildman–Crippen LogP) is 4.08. The van der Waals surface area contributed by atoms with E-state index in [9.17, 15) is 13.6 Å². The highest BCUT2D eigenvalue weighted by molar-refractivity contribution is 6.33. The van der Waals surface area contributed by atoms with Crippen molar-refractivity contribution in [2.24, 2.45) is 0 Å². The van der Waals surface area contributed by atoms with Crippen molar-refractivity contribution in [2.75, 3.05) is 12.4 Å². The summed E-state index contributed by atoms with van der Waals surface area (Å²) in [5.41, 5.74) is 1.12. The van der Waals surface area contributed by atoms with Crippen molar-refractivity contribution in [3.63, 3.8) is 0 Å². The van der Waals surface area contributed by atoms with E-state index < -0.39 is 11.9 Å². The molecule has 6 heteroatoms. The number of nitrogens with zero attached hydrogens (tertiary/aromatic N) is 1. The van der Waals surface area contributed by atoms with Crippen LogP contribution in [0.5, 0.6) is 0 Å². The monoisotopic (exact) mass is 338 g/mol. The van der Waals surface area contributed by atoms with Crippen LogP contribution in [0.4, 0.5) is 14.5 Å². The van der Waals surface area contributed by atoms with Gasteiger partial charge in [0.25, 0.3) is 0 Å². The van der Waals surface area contributed by atoms with Crippen LogP contribution in [0, 0.1) is 11.6 Å². The molecule has 1 N–H and O–H groups in total. The standard InChI is InChI=1S/C17H17ClF2N2O/c1-11(22(2)10-12-4-3-5-13(19)8-12)17(23)21-16-7-6-14(20)9-15(16)18/h3-9,11H,10H2,1-2H3,(H,21,23). The van der Waals surface area contributed by atoms with Crippen LogP contribution in [0.3, 0.4) is 0 Å². The van der Waals surface area contributed by atoms with Crippen LogP contribution in [0.25, 0.3) is 0 Å². The lowest BCUT2D eigenvalue weighted by atomic mass is 10.2. The maximum absolute atomic E-state index is 13.2. The van der Waals surface area contributed by atoms with Crippen LogP contribution in [0.1, 0.15) is 12.5 Å². The van der Waals surface area contributed by atoms with Crippen LogP contribution < -0.4 is 5.32 Å². The van der Waals surface area contributed by atoms with E-state index in [1.54, 1.807) is 31.0 Å². The highest BCUT2D eigenvalue weighted by atomic mass is 35.5. The van der Waals surface area contributed by atoms with Gasteiger partial charge in [-0.05, 0) is 49.9 Å². The van der Waals surface area contributed by atoms with Crippen LogP contribution in [-0.2, 0) is 11.3 Å². The van der Waals surface area contributed by atoms with E-state index in [4.69, 9.17) is 11.6 Å². The van der Waals surface area contributed by atoms with Gasteiger partial charge in [-0.15, -0.1) is 0 Å².